The summed E-state index contributed by atoms with van der Waals surface area (Å²) in [6.07, 6.45) is 3.23. The first-order valence-corrected chi connectivity index (χ1v) is 9.48. The summed E-state index contributed by atoms with van der Waals surface area (Å²) < 4.78 is 5.44. The molecule has 0 saturated heterocycles. The predicted molar refractivity (Wildman–Crippen MR) is 102 cm³/mol. The Morgan fingerprint density at radius 3 is 2.63 bits per heavy atom. The quantitative estimate of drug-likeness (QED) is 0.583. The Morgan fingerprint density at radius 2 is 1.96 bits per heavy atom. The summed E-state index contributed by atoms with van der Waals surface area (Å²) in [7, 11) is 0. The lowest BCUT2D eigenvalue weighted by atomic mass is 9.86. The fourth-order valence-electron chi connectivity index (χ4n) is 4.20. The van der Waals surface area contributed by atoms with E-state index in [1.54, 1.807) is 24.3 Å². The molecular weight excluding hydrogens is 338 g/mol. The largest absolute Gasteiger partial charge is 0.457 e. The number of esters is 1. The number of carbonyl (C=O) groups excluding carboxylic acids is 2. The fourth-order valence-corrected chi connectivity index (χ4v) is 4.20. The SMILES string of the molecule is C=C(C(=O)OCc1ccc(C#N)cc1)[C@H]1CCC(C)[C@@H]2CC(=O)C(C)=C2C1. The van der Waals surface area contributed by atoms with Gasteiger partial charge in [-0.05, 0) is 67.2 Å². The van der Waals surface area contributed by atoms with Gasteiger partial charge in [-0.1, -0.05) is 31.2 Å². The number of hydrogen-bond acceptors (Lipinski definition) is 4. The van der Waals surface area contributed by atoms with Gasteiger partial charge >= 0.3 is 5.97 Å². The van der Waals surface area contributed by atoms with Crippen molar-refractivity contribution in [1.29, 1.82) is 5.26 Å². The molecule has 0 spiro atoms. The molecule has 0 amide bonds. The number of hydrogen-bond donors (Lipinski definition) is 0. The summed E-state index contributed by atoms with van der Waals surface area (Å²) >= 11 is 0. The van der Waals surface area contributed by atoms with Crippen LogP contribution in [-0.4, -0.2) is 11.8 Å². The van der Waals surface area contributed by atoms with Crippen molar-refractivity contribution in [2.24, 2.45) is 17.8 Å². The van der Waals surface area contributed by atoms with Crippen molar-refractivity contribution in [2.75, 3.05) is 0 Å². The van der Waals surface area contributed by atoms with Gasteiger partial charge in [0, 0.05) is 12.0 Å². The number of rotatable bonds is 4. The Morgan fingerprint density at radius 1 is 1.26 bits per heavy atom. The number of nitriles is 1. The van der Waals surface area contributed by atoms with E-state index in [1.807, 2.05) is 6.92 Å². The van der Waals surface area contributed by atoms with E-state index >= 15 is 0 Å². The van der Waals surface area contributed by atoms with Gasteiger partial charge < -0.3 is 4.74 Å². The van der Waals surface area contributed by atoms with Crippen LogP contribution in [0.4, 0.5) is 0 Å². The Kier molecular flexibility index (Phi) is 5.60. The second-order valence-corrected chi connectivity index (χ2v) is 7.75. The van der Waals surface area contributed by atoms with Crippen LogP contribution < -0.4 is 0 Å². The van der Waals surface area contributed by atoms with Crippen LogP contribution in [0.2, 0.25) is 0 Å². The average molecular weight is 363 g/mol. The van der Waals surface area contributed by atoms with Gasteiger partial charge in [-0.15, -0.1) is 0 Å². The van der Waals surface area contributed by atoms with Crippen molar-refractivity contribution < 1.29 is 14.3 Å². The molecule has 1 unspecified atom stereocenters. The molecule has 0 radical (unpaired) electrons. The highest BCUT2D eigenvalue weighted by atomic mass is 16.5. The van der Waals surface area contributed by atoms with Crippen molar-refractivity contribution >= 4 is 11.8 Å². The summed E-state index contributed by atoms with van der Waals surface area (Å²) in [6, 6.07) is 9.04. The minimum atomic E-state index is -0.377. The van der Waals surface area contributed by atoms with Gasteiger partial charge in [-0.2, -0.15) is 5.26 Å². The normalized spacial score (nSPS) is 24.8. The van der Waals surface area contributed by atoms with Gasteiger partial charge in [0.05, 0.1) is 11.6 Å². The maximum absolute atomic E-state index is 12.5. The van der Waals surface area contributed by atoms with Crippen molar-refractivity contribution in [2.45, 2.75) is 46.1 Å². The number of benzene rings is 1. The number of nitrogens with zero attached hydrogens (tertiary/aromatic N) is 1. The maximum atomic E-state index is 12.5. The molecule has 140 valence electrons. The highest BCUT2D eigenvalue weighted by Crippen LogP contribution is 2.45. The van der Waals surface area contributed by atoms with Crippen LogP contribution >= 0.6 is 0 Å². The molecular formula is C23H25NO3. The molecule has 4 nitrogen and oxygen atoms in total. The zero-order chi connectivity index (χ0) is 19.6. The standard InChI is InChI=1S/C23H25NO3/c1-14-4-9-19(10-21-16(3)22(25)11-20(14)21)15(2)23(26)27-13-18-7-5-17(12-24)6-8-18/h5-8,14,19-20H,2,4,9-11,13H2,1,3H3/t14?,19-,20-/m0/s1. The molecule has 27 heavy (non-hydrogen) atoms. The van der Waals surface area contributed by atoms with Gasteiger partial charge in [-0.3, -0.25) is 4.79 Å². The van der Waals surface area contributed by atoms with Crippen LogP contribution in [0.1, 0.15) is 50.7 Å². The molecule has 0 heterocycles. The van der Waals surface area contributed by atoms with E-state index in [1.165, 1.54) is 5.57 Å². The Hall–Kier alpha value is -2.67. The molecule has 0 aromatic heterocycles. The topological polar surface area (TPSA) is 67.2 Å². The van der Waals surface area contributed by atoms with Crippen molar-refractivity contribution in [3.8, 4) is 6.07 Å². The molecule has 1 aromatic rings. The van der Waals surface area contributed by atoms with Crippen LogP contribution in [-0.2, 0) is 20.9 Å². The summed E-state index contributed by atoms with van der Waals surface area (Å²) in [4.78, 5) is 24.6. The molecule has 0 aliphatic heterocycles. The second-order valence-electron chi connectivity index (χ2n) is 7.75. The fraction of sp³-hybridized carbons (Fsp3) is 0.435. The van der Waals surface area contributed by atoms with Crippen molar-refractivity contribution in [3.05, 3.63) is 58.7 Å². The number of ketones is 1. The highest BCUT2D eigenvalue weighted by molar-refractivity contribution is 5.98. The summed E-state index contributed by atoms with van der Waals surface area (Å²) in [5.41, 5.74) is 4.01. The monoisotopic (exact) mass is 363 g/mol. The molecule has 1 saturated carbocycles. The number of allylic oxidation sites excluding steroid dienone is 2. The molecule has 3 atom stereocenters. The van der Waals surface area contributed by atoms with Gasteiger partial charge in [-0.25, -0.2) is 4.79 Å². The van der Waals surface area contributed by atoms with Gasteiger partial charge in [0.1, 0.15) is 6.61 Å². The first-order valence-electron chi connectivity index (χ1n) is 9.48. The van der Waals surface area contributed by atoms with E-state index in [0.29, 0.717) is 29.4 Å². The summed E-state index contributed by atoms with van der Waals surface area (Å²) in [5, 5.41) is 8.83. The number of carbonyl (C=O) groups is 2. The first-order chi connectivity index (χ1) is 12.9. The molecule has 0 bridgehead atoms. The van der Waals surface area contributed by atoms with E-state index in [9.17, 15) is 9.59 Å². The predicted octanol–water partition coefficient (Wildman–Crippen LogP) is 4.50. The molecule has 0 N–H and O–H groups in total. The molecule has 3 rings (SSSR count). The second kappa shape index (κ2) is 7.92. The zero-order valence-corrected chi connectivity index (χ0v) is 16.0. The number of ether oxygens (including phenoxy) is 1. The third-order valence-corrected chi connectivity index (χ3v) is 6.08. The van der Waals surface area contributed by atoms with E-state index in [4.69, 9.17) is 10.00 Å². The van der Waals surface area contributed by atoms with E-state index in [-0.39, 0.29) is 24.3 Å². The molecule has 2 aliphatic carbocycles. The van der Waals surface area contributed by atoms with E-state index < -0.39 is 0 Å². The van der Waals surface area contributed by atoms with Crippen molar-refractivity contribution in [3.63, 3.8) is 0 Å². The Labute approximate surface area is 160 Å². The first kappa shape index (κ1) is 19.1. The van der Waals surface area contributed by atoms with Crippen LogP contribution in [0.25, 0.3) is 0 Å². The number of Topliss-reactive ketones (excluding diaryl/α,β-unsaturated/α-hetero) is 1. The van der Waals surface area contributed by atoms with Gasteiger partial charge in [0.25, 0.3) is 0 Å². The van der Waals surface area contributed by atoms with Crippen LogP contribution in [0.15, 0.2) is 47.6 Å². The van der Waals surface area contributed by atoms with E-state index in [2.05, 4.69) is 19.6 Å². The molecule has 4 heteroatoms. The maximum Gasteiger partial charge on any atom is 0.334 e. The van der Waals surface area contributed by atoms with Gasteiger partial charge in [0.2, 0.25) is 0 Å². The van der Waals surface area contributed by atoms with Crippen LogP contribution in [0.3, 0.4) is 0 Å². The lowest BCUT2D eigenvalue weighted by Gasteiger charge is -2.19. The van der Waals surface area contributed by atoms with Crippen molar-refractivity contribution in [1.82, 2.24) is 0 Å². The average Bonchev–Trinajstić information content (AvgIpc) is 2.86. The molecule has 1 fully saturated rings. The summed E-state index contributed by atoms with van der Waals surface area (Å²) in [6.45, 7) is 8.29. The smallest absolute Gasteiger partial charge is 0.334 e. The molecule has 1 aromatic carbocycles. The minimum Gasteiger partial charge on any atom is -0.457 e. The zero-order valence-electron chi connectivity index (χ0n) is 16.0. The third kappa shape index (κ3) is 4.03. The van der Waals surface area contributed by atoms with Crippen LogP contribution in [0.5, 0.6) is 0 Å². The minimum absolute atomic E-state index is 0.0294. The van der Waals surface area contributed by atoms with Crippen LogP contribution in [0, 0.1) is 29.1 Å². The summed E-state index contributed by atoms with van der Waals surface area (Å²) in [5.74, 6) is 0.676. The lowest BCUT2D eigenvalue weighted by molar-refractivity contribution is -0.141. The molecule has 2 aliphatic rings. The Bertz CT molecular complexity index is 841. The highest BCUT2D eigenvalue weighted by Gasteiger charge is 2.38. The van der Waals surface area contributed by atoms with E-state index in [0.717, 1.165) is 30.4 Å². The number of fused-ring (bicyclic) bond motifs is 1. The third-order valence-electron chi connectivity index (χ3n) is 6.08. The lowest BCUT2D eigenvalue weighted by Crippen LogP contribution is -2.15. The Balaban J connectivity index is 1.64. The van der Waals surface area contributed by atoms with Gasteiger partial charge in [0.15, 0.2) is 5.78 Å².